The number of hydrogen-bond acceptors (Lipinski definition) is 5. The van der Waals surface area contributed by atoms with E-state index >= 15 is 0 Å². The molecule has 134 valence electrons. The molecule has 0 aromatic heterocycles. The average molecular weight is 362 g/mol. The van der Waals surface area contributed by atoms with Crippen molar-refractivity contribution in [3.8, 4) is 0 Å². The molecule has 3 aliphatic rings. The Kier molecular flexibility index (Phi) is 4.89. The Morgan fingerprint density at radius 3 is 2.96 bits per heavy atom. The van der Waals surface area contributed by atoms with E-state index in [-0.39, 0.29) is 29.9 Å². The van der Waals surface area contributed by atoms with Crippen molar-refractivity contribution in [3.05, 3.63) is 36.2 Å². The molecule has 2 atom stereocenters. The molecule has 1 aliphatic carbocycles. The van der Waals surface area contributed by atoms with Crippen molar-refractivity contribution in [3.63, 3.8) is 0 Å². The summed E-state index contributed by atoms with van der Waals surface area (Å²) >= 11 is 0. The molecule has 0 spiro atoms. The maximum Gasteiger partial charge on any atom is 0.274 e. The van der Waals surface area contributed by atoms with Gasteiger partial charge in [-0.25, -0.2) is 13.4 Å². The van der Waals surface area contributed by atoms with Crippen LogP contribution in [0.25, 0.3) is 0 Å². The number of amides is 1. The van der Waals surface area contributed by atoms with Gasteiger partial charge in [-0.1, -0.05) is 32.1 Å². The summed E-state index contributed by atoms with van der Waals surface area (Å²) in [6, 6.07) is -0.136. The average Bonchev–Trinajstić information content (AvgIpc) is 2.60. The molecule has 3 rings (SSSR count). The van der Waals surface area contributed by atoms with Gasteiger partial charge in [0.25, 0.3) is 15.9 Å². The predicted octanol–water partition coefficient (Wildman–Crippen LogP) is 1.37. The van der Waals surface area contributed by atoms with Crippen LogP contribution in [0.2, 0.25) is 0 Å². The highest BCUT2D eigenvalue weighted by Crippen LogP contribution is 2.21. The number of hydrogen-bond donors (Lipinski definition) is 1. The molecule has 2 heterocycles. The summed E-state index contributed by atoms with van der Waals surface area (Å²) in [4.78, 5) is 18.3. The Hall–Kier alpha value is -2.22. The highest BCUT2D eigenvalue weighted by molar-refractivity contribution is 7.90. The van der Waals surface area contributed by atoms with Crippen molar-refractivity contribution < 1.29 is 13.2 Å². The summed E-state index contributed by atoms with van der Waals surface area (Å²) in [6.07, 6.45) is 11.0. The van der Waals surface area contributed by atoms with Crippen LogP contribution < -0.4 is 5.32 Å². The zero-order valence-corrected chi connectivity index (χ0v) is 15.2. The van der Waals surface area contributed by atoms with Crippen molar-refractivity contribution in [2.75, 3.05) is 12.3 Å². The number of aliphatic imine (C=N–C) groups is 1. The van der Waals surface area contributed by atoms with Crippen LogP contribution in [0, 0.1) is 5.92 Å². The minimum Gasteiger partial charge on any atom is -0.344 e. The van der Waals surface area contributed by atoms with Crippen LogP contribution in [-0.2, 0) is 14.8 Å². The number of nitrogens with one attached hydrogen (secondary N) is 1. The van der Waals surface area contributed by atoms with Gasteiger partial charge in [0.1, 0.15) is 0 Å². The lowest BCUT2D eigenvalue weighted by Gasteiger charge is -2.28. The van der Waals surface area contributed by atoms with Crippen LogP contribution in [-0.4, -0.2) is 49.1 Å². The van der Waals surface area contributed by atoms with Gasteiger partial charge in [-0.15, -0.1) is 4.40 Å². The summed E-state index contributed by atoms with van der Waals surface area (Å²) in [5.41, 5.74) is 1.32. The molecule has 2 aliphatic heterocycles. The van der Waals surface area contributed by atoms with Crippen molar-refractivity contribution in [2.24, 2.45) is 15.3 Å². The van der Waals surface area contributed by atoms with E-state index in [1.54, 1.807) is 11.1 Å². The standard InChI is InChI=1S/C17H22N4O3S/c1-3-12(2)13-4-6-14(7-5-13)19-17(22)15-16-20-25(23,24)11-10-21(16)9-8-18-15/h4-6,8-9,12,14H,3,7,10-11H2,1-2H3,(H,19,22). The predicted molar refractivity (Wildman–Crippen MR) is 97.7 cm³/mol. The zero-order valence-electron chi connectivity index (χ0n) is 14.3. The zero-order chi connectivity index (χ0) is 18.0. The number of fused-ring (bicyclic) bond motifs is 1. The van der Waals surface area contributed by atoms with Gasteiger partial charge in [0.2, 0.25) is 0 Å². The van der Waals surface area contributed by atoms with Crippen molar-refractivity contribution in [1.29, 1.82) is 0 Å². The van der Waals surface area contributed by atoms with Crippen molar-refractivity contribution in [1.82, 2.24) is 10.2 Å². The molecular weight excluding hydrogens is 340 g/mol. The van der Waals surface area contributed by atoms with E-state index in [1.165, 1.54) is 11.8 Å². The van der Waals surface area contributed by atoms with Gasteiger partial charge in [-0.2, -0.15) is 0 Å². The smallest absolute Gasteiger partial charge is 0.274 e. The Morgan fingerprint density at radius 1 is 1.48 bits per heavy atom. The summed E-state index contributed by atoms with van der Waals surface area (Å²) < 4.78 is 27.2. The van der Waals surface area contributed by atoms with Gasteiger partial charge in [0.05, 0.1) is 11.8 Å². The fourth-order valence-electron chi connectivity index (χ4n) is 2.86. The molecule has 7 nitrogen and oxygen atoms in total. The molecule has 1 amide bonds. The Labute approximate surface area is 148 Å². The quantitative estimate of drug-likeness (QED) is 0.818. The lowest BCUT2D eigenvalue weighted by atomic mass is 9.92. The third-order valence-electron chi connectivity index (χ3n) is 4.59. The van der Waals surface area contributed by atoms with Gasteiger partial charge in [-0.3, -0.25) is 4.79 Å². The molecule has 0 aromatic rings. The van der Waals surface area contributed by atoms with E-state index in [9.17, 15) is 13.2 Å². The first-order chi connectivity index (χ1) is 11.9. The molecule has 0 aromatic carbocycles. The van der Waals surface area contributed by atoms with Crippen LogP contribution >= 0.6 is 0 Å². The fourth-order valence-corrected chi connectivity index (χ4v) is 3.84. The lowest BCUT2D eigenvalue weighted by Crippen LogP contribution is -2.49. The third kappa shape index (κ3) is 3.89. The Balaban J connectivity index is 1.71. The first kappa shape index (κ1) is 17.6. The SMILES string of the molecule is CCC(C)C1=CCC(NC(=O)C2=NC=CN3CCS(=O)(=O)N=C23)C=C1. The summed E-state index contributed by atoms with van der Waals surface area (Å²) in [7, 11) is -3.54. The van der Waals surface area contributed by atoms with Crippen LogP contribution in [0.15, 0.2) is 45.6 Å². The van der Waals surface area contributed by atoms with Gasteiger partial charge in [-0.05, 0) is 24.3 Å². The van der Waals surface area contributed by atoms with E-state index in [1.807, 2.05) is 12.2 Å². The minimum absolute atomic E-state index is 0.0378. The Morgan fingerprint density at radius 2 is 2.28 bits per heavy atom. The van der Waals surface area contributed by atoms with E-state index in [0.29, 0.717) is 12.3 Å². The molecule has 0 radical (unpaired) electrons. The summed E-state index contributed by atoms with van der Waals surface area (Å²) in [6.45, 7) is 4.59. The normalized spacial score (nSPS) is 25.4. The maximum absolute atomic E-state index is 12.6. The van der Waals surface area contributed by atoms with Crippen LogP contribution in [0.3, 0.4) is 0 Å². The van der Waals surface area contributed by atoms with E-state index in [0.717, 1.165) is 6.42 Å². The number of allylic oxidation sites excluding steroid dienone is 2. The maximum atomic E-state index is 12.6. The molecule has 0 saturated carbocycles. The van der Waals surface area contributed by atoms with E-state index in [2.05, 4.69) is 34.6 Å². The number of carbonyl (C=O) groups is 1. The van der Waals surface area contributed by atoms with E-state index in [4.69, 9.17) is 0 Å². The van der Waals surface area contributed by atoms with Crippen molar-refractivity contribution >= 4 is 27.5 Å². The van der Waals surface area contributed by atoms with Crippen LogP contribution in [0.4, 0.5) is 0 Å². The molecule has 8 heteroatoms. The van der Waals surface area contributed by atoms with Crippen LogP contribution in [0.5, 0.6) is 0 Å². The molecule has 1 N–H and O–H groups in total. The molecule has 0 fully saturated rings. The number of amidine groups is 1. The fraction of sp³-hybridized carbons (Fsp3) is 0.471. The highest BCUT2D eigenvalue weighted by Gasteiger charge is 2.32. The second-order valence-corrected chi connectivity index (χ2v) is 8.11. The topological polar surface area (TPSA) is 91.2 Å². The monoisotopic (exact) mass is 362 g/mol. The second kappa shape index (κ2) is 6.95. The number of carbonyl (C=O) groups excluding carboxylic acids is 1. The first-order valence-corrected chi connectivity index (χ1v) is 10.0. The molecule has 0 bridgehead atoms. The summed E-state index contributed by atoms with van der Waals surface area (Å²) in [5.74, 6) is 0.114. The van der Waals surface area contributed by atoms with Gasteiger partial charge >= 0.3 is 0 Å². The summed E-state index contributed by atoms with van der Waals surface area (Å²) in [5, 5.41) is 2.89. The van der Waals surface area contributed by atoms with Crippen LogP contribution in [0.1, 0.15) is 26.7 Å². The van der Waals surface area contributed by atoms with Crippen molar-refractivity contribution in [2.45, 2.75) is 32.7 Å². The minimum atomic E-state index is -3.54. The van der Waals surface area contributed by atoms with E-state index < -0.39 is 15.9 Å². The lowest BCUT2D eigenvalue weighted by molar-refractivity contribution is -0.115. The van der Waals surface area contributed by atoms with Gasteiger partial charge < -0.3 is 10.2 Å². The second-order valence-electron chi connectivity index (χ2n) is 6.36. The number of rotatable bonds is 4. The molecule has 0 saturated heterocycles. The third-order valence-corrected chi connectivity index (χ3v) is 5.74. The largest absolute Gasteiger partial charge is 0.344 e. The van der Waals surface area contributed by atoms with Gasteiger partial charge in [0.15, 0.2) is 11.5 Å². The molecule has 25 heavy (non-hydrogen) atoms. The Bertz CT molecular complexity index is 821. The molecule has 2 unspecified atom stereocenters. The highest BCUT2D eigenvalue weighted by atomic mass is 32.2. The molecular formula is C17H22N4O3S. The number of sulfonamides is 1. The first-order valence-electron chi connectivity index (χ1n) is 8.43. The van der Waals surface area contributed by atoms with Gasteiger partial charge in [0, 0.05) is 18.9 Å². The number of nitrogens with zero attached hydrogens (tertiary/aromatic N) is 3.